The second-order valence-electron chi connectivity index (χ2n) is 3.63. The Bertz CT molecular complexity index is 428. The third kappa shape index (κ3) is 5.14. The molecule has 0 aromatic carbocycles. The number of methoxy groups -OCH3 is 2. The lowest BCUT2D eigenvalue weighted by atomic mass is 10.4. The highest BCUT2D eigenvalue weighted by Gasteiger charge is 2.33. The monoisotopic (exact) mass is 311 g/mol. The van der Waals surface area contributed by atoms with Crippen molar-refractivity contribution in [2.24, 2.45) is 0 Å². The summed E-state index contributed by atoms with van der Waals surface area (Å²) >= 11 is 1.14. The standard InChI is InChI=1S/C11H16F3N3O2S/c1-4-20-10-16-7(11(12,13)14)5-8(17-10)15-6-9(18-2)19-3/h5,9H,4,6H2,1-3H3,(H,15,16,17). The number of halogens is 3. The van der Waals surface area contributed by atoms with Gasteiger partial charge in [-0.15, -0.1) is 0 Å². The molecule has 0 saturated carbocycles. The largest absolute Gasteiger partial charge is 0.433 e. The second-order valence-corrected chi connectivity index (χ2v) is 4.86. The normalized spacial score (nSPS) is 11.9. The van der Waals surface area contributed by atoms with Crippen LogP contribution in [0.3, 0.4) is 0 Å². The smallest absolute Gasteiger partial charge is 0.365 e. The fourth-order valence-corrected chi connectivity index (χ4v) is 1.89. The summed E-state index contributed by atoms with van der Waals surface area (Å²) in [5, 5.41) is 2.82. The van der Waals surface area contributed by atoms with Crippen molar-refractivity contribution < 1.29 is 22.6 Å². The summed E-state index contributed by atoms with van der Waals surface area (Å²) in [6.45, 7) is 1.99. The number of ether oxygens (including phenoxy) is 2. The Labute approximate surface area is 119 Å². The molecule has 1 N–H and O–H groups in total. The molecule has 0 atom stereocenters. The Morgan fingerprint density at radius 1 is 1.30 bits per heavy atom. The van der Waals surface area contributed by atoms with Gasteiger partial charge in [-0.2, -0.15) is 13.2 Å². The number of anilines is 1. The number of nitrogens with zero attached hydrogens (tertiary/aromatic N) is 2. The second kappa shape index (κ2) is 7.65. The van der Waals surface area contributed by atoms with E-state index in [1.165, 1.54) is 14.2 Å². The number of hydrogen-bond acceptors (Lipinski definition) is 6. The summed E-state index contributed by atoms with van der Waals surface area (Å²) < 4.78 is 48.1. The minimum absolute atomic E-state index is 0.0798. The minimum Gasteiger partial charge on any atom is -0.365 e. The van der Waals surface area contributed by atoms with Crippen LogP contribution in [0, 0.1) is 0 Å². The molecule has 5 nitrogen and oxygen atoms in total. The van der Waals surface area contributed by atoms with Crippen LogP contribution in [0.1, 0.15) is 12.6 Å². The van der Waals surface area contributed by atoms with Crippen LogP contribution in [-0.2, 0) is 15.7 Å². The van der Waals surface area contributed by atoms with E-state index in [9.17, 15) is 13.2 Å². The fraction of sp³-hybridized carbons (Fsp3) is 0.636. The highest BCUT2D eigenvalue weighted by atomic mass is 32.2. The van der Waals surface area contributed by atoms with E-state index in [0.717, 1.165) is 17.8 Å². The molecule has 0 aliphatic heterocycles. The highest BCUT2D eigenvalue weighted by Crippen LogP contribution is 2.30. The summed E-state index contributed by atoms with van der Waals surface area (Å²) in [6, 6.07) is 0.863. The molecule has 0 fully saturated rings. The number of thioether (sulfide) groups is 1. The molecule has 0 unspecified atom stereocenters. The van der Waals surface area contributed by atoms with Crippen molar-refractivity contribution in [1.82, 2.24) is 9.97 Å². The van der Waals surface area contributed by atoms with Gasteiger partial charge in [-0.1, -0.05) is 18.7 Å². The van der Waals surface area contributed by atoms with Crippen LogP contribution in [0.5, 0.6) is 0 Å². The van der Waals surface area contributed by atoms with Crippen LogP contribution in [0.2, 0.25) is 0 Å². The Morgan fingerprint density at radius 3 is 2.45 bits per heavy atom. The van der Waals surface area contributed by atoms with E-state index < -0.39 is 18.2 Å². The third-order valence-electron chi connectivity index (χ3n) is 2.25. The van der Waals surface area contributed by atoms with E-state index >= 15 is 0 Å². The molecule has 1 aromatic rings. The maximum atomic E-state index is 12.7. The van der Waals surface area contributed by atoms with Gasteiger partial charge in [-0.05, 0) is 5.75 Å². The zero-order valence-electron chi connectivity index (χ0n) is 11.3. The first-order valence-electron chi connectivity index (χ1n) is 5.79. The number of rotatable bonds is 7. The Balaban J connectivity index is 2.91. The van der Waals surface area contributed by atoms with Gasteiger partial charge in [0.1, 0.15) is 5.82 Å². The predicted octanol–water partition coefficient (Wildman–Crippen LogP) is 2.64. The summed E-state index contributed by atoms with van der Waals surface area (Å²) in [5.41, 5.74) is -0.975. The molecule has 0 amide bonds. The zero-order valence-corrected chi connectivity index (χ0v) is 12.1. The van der Waals surface area contributed by atoms with Crippen molar-refractivity contribution >= 4 is 17.6 Å². The van der Waals surface area contributed by atoms with E-state index in [-0.39, 0.29) is 17.5 Å². The molecule has 0 radical (unpaired) electrons. The van der Waals surface area contributed by atoms with Gasteiger partial charge in [0, 0.05) is 20.3 Å². The van der Waals surface area contributed by atoms with Crippen molar-refractivity contribution in [3.05, 3.63) is 11.8 Å². The quantitative estimate of drug-likeness (QED) is 0.475. The van der Waals surface area contributed by atoms with Gasteiger partial charge in [-0.25, -0.2) is 9.97 Å². The molecule has 0 aliphatic carbocycles. The highest BCUT2D eigenvalue weighted by molar-refractivity contribution is 7.99. The third-order valence-corrected chi connectivity index (χ3v) is 2.97. The van der Waals surface area contributed by atoms with Crippen molar-refractivity contribution in [3.8, 4) is 0 Å². The first-order chi connectivity index (χ1) is 9.40. The summed E-state index contributed by atoms with van der Waals surface area (Å²) in [6.07, 6.45) is -5.08. The van der Waals surface area contributed by atoms with Gasteiger partial charge in [-0.3, -0.25) is 0 Å². The van der Waals surface area contributed by atoms with Gasteiger partial charge in [0.05, 0.1) is 6.54 Å². The lowest BCUT2D eigenvalue weighted by molar-refractivity contribution is -0.141. The van der Waals surface area contributed by atoms with E-state index in [1.54, 1.807) is 0 Å². The molecule has 0 spiro atoms. The molecular formula is C11H16F3N3O2S. The number of hydrogen-bond donors (Lipinski definition) is 1. The summed E-state index contributed by atoms with van der Waals surface area (Å²) in [5.74, 6) is 0.668. The van der Waals surface area contributed by atoms with Gasteiger partial charge in [0.15, 0.2) is 17.1 Å². The first kappa shape index (κ1) is 17.0. The first-order valence-corrected chi connectivity index (χ1v) is 6.77. The lowest BCUT2D eigenvalue weighted by Gasteiger charge is -2.15. The fourth-order valence-electron chi connectivity index (χ4n) is 1.31. The number of nitrogens with one attached hydrogen (secondary N) is 1. The van der Waals surface area contributed by atoms with Crippen molar-refractivity contribution in [2.45, 2.75) is 24.5 Å². The van der Waals surface area contributed by atoms with Gasteiger partial charge in [0.25, 0.3) is 0 Å². The Hall–Kier alpha value is -1.06. The van der Waals surface area contributed by atoms with E-state index in [2.05, 4.69) is 15.3 Å². The topological polar surface area (TPSA) is 56.3 Å². The molecule has 0 aliphatic rings. The average Bonchev–Trinajstić information content (AvgIpc) is 2.39. The molecule has 1 aromatic heterocycles. The van der Waals surface area contributed by atoms with E-state index in [4.69, 9.17) is 9.47 Å². The Kier molecular flexibility index (Phi) is 6.50. The SMILES string of the molecule is CCSc1nc(NCC(OC)OC)cc(C(F)(F)F)n1. The molecular weight excluding hydrogens is 295 g/mol. The molecule has 114 valence electrons. The molecule has 1 rings (SSSR count). The average molecular weight is 311 g/mol. The van der Waals surface area contributed by atoms with Gasteiger partial charge >= 0.3 is 6.18 Å². The number of aromatic nitrogens is 2. The molecule has 0 saturated heterocycles. The Morgan fingerprint density at radius 2 is 1.95 bits per heavy atom. The predicted molar refractivity (Wildman–Crippen MR) is 69.7 cm³/mol. The molecule has 0 bridgehead atoms. The van der Waals surface area contributed by atoms with Gasteiger partial charge in [0.2, 0.25) is 0 Å². The van der Waals surface area contributed by atoms with Crippen LogP contribution < -0.4 is 5.32 Å². The molecule has 1 heterocycles. The lowest BCUT2D eigenvalue weighted by Crippen LogP contribution is -2.24. The maximum absolute atomic E-state index is 12.7. The maximum Gasteiger partial charge on any atom is 0.433 e. The number of alkyl halides is 3. The van der Waals surface area contributed by atoms with Gasteiger partial charge < -0.3 is 14.8 Å². The molecule has 20 heavy (non-hydrogen) atoms. The van der Waals surface area contributed by atoms with E-state index in [0.29, 0.717) is 5.75 Å². The minimum atomic E-state index is -4.51. The van der Waals surface area contributed by atoms with Crippen LogP contribution in [0.4, 0.5) is 19.0 Å². The van der Waals surface area contributed by atoms with Crippen LogP contribution in [0.15, 0.2) is 11.2 Å². The van der Waals surface area contributed by atoms with E-state index in [1.807, 2.05) is 6.92 Å². The van der Waals surface area contributed by atoms with Crippen molar-refractivity contribution in [3.63, 3.8) is 0 Å². The summed E-state index contributed by atoms with van der Waals surface area (Å²) in [7, 11) is 2.88. The van der Waals surface area contributed by atoms with Crippen LogP contribution >= 0.6 is 11.8 Å². The van der Waals surface area contributed by atoms with Crippen LogP contribution in [-0.4, -0.2) is 42.8 Å². The summed E-state index contributed by atoms with van der Waals surface area (Å²) in [4.78, 5) is 7.49. The van der Waals surface area contributed by atoms with Crippen molar-refractivity contribution in [2.75, 3.05) is 31.8 Å². The molecule has 9 heteroatoms. The van der Waals surface area contributed by atoms with Crippen molar-refractivity contribution in [1.29, 1.82) is 0 Å². The van der Waals surface area contributed by atoms with Crippen LogP contribution in [0.25, 0.3) is 0 Å². The zero-order chi connectivity index (χ0) is 15.2.